The molecule has 4 rings (SSSR count). The fourth-order valence-corrected chi connectivity index (χ4v) is 4.14. The predicted octanol–water partition coefficient (Wildman–Crippen LogP) is 6.26. The van der Waals surface area contributed by atoms with Crippen LogP contribution >= 0.6 is 0 Å². The molecule has 0 spiro atoms. The van der Waals surface area contributed by atoms with E-state index in [4.69, 9.17) is 9.47 Å². The van der Waals surface area contributed by atoms with Crippen molar-refractivity contribution in [2.24, 2.45) is 5.92 Å². The fourth-order valence-electron chi connectivity index (χ4n) is 4.14. The largest absolute Gasteiger partial charge is 0.497 e. The molecule has 0 radical (unpaired) electrons. The molecule has 0 aliphatic heterocycles. The number of nitrogens with zero attached hydrogens (tertiary/aromatic N) is 2. The third kappa shape index (κ3) is 6.23. The van der Waals surface area contributed by atoms with Crippen molar-refractivity contribution >= 4 is 12.0 Å². The smallest absolute Gasteiger partial charge is 0.303 e. The Labute approximate surface area is 204 Å². The number of hydrogen-bond donors (Lipinski definition) is 1. The number of carbonyl (C=O) groups is 1. The minimum atomic E-state index is -0.789. The van der Waals surface area contributed by atoms with Crippen LogP contribution < -0.4 is 9.47 Å². The zero-order chi connectivity index (χ0) is 24.9. The number of ether oxygens (including phenoxy) is 2. The van der Waals surface area contributed by atoms with Crippen LogP contribution in [0.4, 0.5) is 4.39 Å². The number of aliphatic carboxylic acids is 1. The number of carboxylic acids is 1. The van der Waals surface area contributed by atoms with Crippen LogP contribution in [0.15, 0.2) is 54.2 Å². The first-order valence-corrected chi connectivity index (χ1v) is 11.6. The summed E-state index contributed by atoms with van der Waals surface area (Å²) in [5, 5.41) is 9.30. The van der Waals surface area contributed by atoms with Gasteiger partial charge in [0, 0.05) is 5.56 Å². The summed E-state index contributed by atoms with van der Waals surface area (Å²) in [6, 6.07) is 12.1. The van der Waals surface area contributed by atoms with Crippen molar-refractivity contribution in [3.8, 4) is 22.8 Å². The number of halogens is 1. The summed E-state index contributed by atoms with van der Waals surface area (Å²) in [6.45, 7) is 4.05. The van der Waals surface area contributed by atoms with E-state index in [-0.39, 0.29) is 18.9 Å². The Morgan fingerprint density at radius 2 is 2.00 bits per heavy atom. The van der Waals surface area contributed by atoms with E-state index in [0.29, 0.717) is 40.1 Å². The van der Waals surface area contributed by atoms with Crippen LogP contribution in [0, 0.1) is 11.7 Å². The molecule has 1 aliphatic carbocycles. The van der Waals surface area contributed by atoms with E-state index >= 15 is 0 Å². The molecule has 1 unspecified atom stereocenters. The highest BCUT2D eigenvalue weighted by Gasteiger charge is 2.33. The van der Waals surface area contributed by atoms with E-state index < -0.39 is 11.8 Å². The van der Waals surface area contributed by atoms with Crippen molar-refractivity contribution in [3.05, 3.63) is 77.0 Å². The molecule has 35 heavy (non-hydrogen) atoms. The Kier molecular flexibility index (Phi) is 7.44. The highest BCUT2D eigenvalue weighted by molar-refractivity contribution is 5.72. The van der Waals surface area contributed by atoms with Gasteiger partial charge in [0.25, 0.3) is 0 Å². The van der Waals surface area contributed by atoms with Gasteiger partial charge in [-0.15, -0.1) is 0 Å². The Hall–Kier alpha value is -3.74. The molecule has 1 heterocycles. The second-order valence-electron chi connectivity index (χ2n) is 9.07. The maximum absolute atomic E-state index is 14.6. The highest BCUT2D eigenvalue weighted by Crippen LogP contribution is 2.45. The fraction of sp³-hybridized carbons (Fsp3) is 0.321. The molecule has 6 nitrogen and oxygen atoms in total. The summed E-state index contributed by atoms with van der Waals surface area (Å²) in [4.78, 5) is 20.5. The summed E-state index contributed by atoms with van der Waals surface area (Å²) < 4.78 is 25.9. The lowest BCUT2D eigenvalue weighted by Gasteiger charge is -2.16. The molecule has 1 aromatic heterocycles. The average molecular weight is 477 g/mol. The average Bonchev–Trinajstić information content (AvgIpc) is 3.67. The minimum absolute atomic E-state index is 0.00263. The topological polar surface area (TPSA) is 81.5 Å². The van der Waals surface area contributed by atoms with Crippen LogP contribution in [0.3, 0.4) is 0 Å². The summed E-state index contributed by atoms with van der Waals surface area (Å²) >= 11 is 0. The quantitative estimate of drug-likeness (QED) is 0.372. The summed E-state index contributed by atoms with van der Waals surface area (Å²) in [7, 11) is 1.53. The van der Waals surface area contributed by atoms with E-state index in [2.05, 4.69) is 9.97 Å². The number of aromatic nitrogens is 2. The molecule has 182 valence electrons. The standard InChI is InChI=1S/C28H29FN2O4/c1-17(2)11-26-28(24-13-21(34-3)9-10-25(24)29)30-15-20(31-26)16-35-22-6-4-5-19(12-22)23(14-27(32)33)18-7-8-18/h4-6,9-13,15,18,23H,7-8,14,16H2,1-3H3,(H,32,33). The number of carboxylic acid groups (broad SMARTS) is 1. The van der Waals surface area contributed by atoms with E-state index in [1.807, 2.05) is 44.2 Å². The lowest BCUT2D eigenvalue weighted by atomic mass is 9.91. The maximum Gasteiger partial charge on any atom is 0.303 e. The number of allylic oxidation sites excluding steroid dienone is 1. The molecular formula is C28H29FN2O4. The van der Waals surface area contributed by atoms with Gasteiger partial charge in [0.1, 0.15) is 23.9 Å². The van der Waals surface area contributed by atoms with Gasteiger partial charge in [0.05, 0.1) is 36.8 Å². The molecule has 0 amide bonds. The van der Waals surface area contributed by atoms with Crippen LogP contribution in [0.2, 0.25) is 0 Å². The lowest BCUT2D eigenvalue weighted by molar-refractivity contribution is -0.137. The predicted molar refractivity (Wildman–Crippen MR) is 132 cm³/mol. The van der Waals surface area contributed by atoms with Crippen molar-refractivity contribution in [2.45, 2.75) is 45.6 Å². The van der Waals surface area contributed by atoms with Gasteiger partial charge in [-0.3, -0.25) is 9.78 Å². The third-order valence-electron chi connectivity index (χ3n) is 5.96. The maximum atomic E-state index is 14.6. The van der Waals surface area contributed by atoms with Crippen molar-refractivity contribution in [1.29, 1.82) is 0 Å². The Morgan fingerprint density at radius 1 is 1.20 bits per heavy atom. The number of methoxy groups -OCH3 is 1. The van der Waals surface area contributed by atoms with Crippen LogP contribution in [0.5, 0.6) is 11.5 Å². The van der Waals surface area contributed by atoms with Gasteiger partial charge in [0.2, 0.25) is 0 Å². The SMILES string of the molecule is COc1ccc(F)c(-c2ncc(COc3cccc(C(CC(=O)O)C4CC4)c3)nc2C=C(C)C)c1. The second kappa shape index (κ2) is 10.7. The molecule has 0 saturated heterocycles. The highest BCUT2D eigenvalue weighted by atomic mass is 19.1. The molecule has 1 atom stereocenters. The van der Waals surface area contributed by atoms with Crippen LogP contribution in [0.1, 0.15) is 56.0 Å². The molecule has 2 aromatic carbocycles. The van der Waals surface area contributed by atoms with Crippen molar-refractivity contribution in [1.82, 2.24) is 9.97 Å². The zero-order valence-corrected chi connectivity index (χ0v) is 20.1. The van der Waals surface area contributed by atoms with Crippen molar-refractivity contribution < 1.29 is 23.8 Å². The van der Waals surface area contributed by atoms with Gasteiger partial charge < -0.3 is 14.6 Å². The Morgan fingerprint density at radius 3 is 2.69 bits per heavy atom. The van der Waals surface area contributed by atoms with E-state index in [1.165, 1.54) is 13.2 Å². The van der Waals surface area contributed by atoms with Gasteiger partial charge in [0.15, 0.2) is 0 Å². The molecule has 1 aliphatic rings. The summed E-state index contributed by atoms with van der Waals surface area (Å²) in [5.74, 6) is 0.400. The molecule has 3 aromatic rings. The van der Waals surface area contributed by atoms with Crippen LogP contribution in [-0.4, -0.2) is 28.2 Å². The van der Waals surface area contributed by atoms with Crippen molar-refractivity contribution in [3.63, 3.8) is 0 Å². The first kappa shape index (κ1) is 24.4. The normalized spacial score (nSPS) is 13.7. The molecule has 1 N–H and O–H groups in total. The number of hydrogen-bond acceptors (Lipinski definition) is 5. The monoisotopic (exact) mass is 476 g/mol. The van der Waals surface area contributed by atoms with E-state index in [1.54, 1.807) is 18.3 Å². The van der Waals surface area contributed by atoms with Gasteiger partial charge >= 0.3 is 5.97 Å². The van der Waals surface area contributed by atoms with Crippen molar-refractivity contribution in [2.75, 3.05) is 7.11 Å². The Balaban J connectivity index is 1.57. The molecule has 7 heteroatoms. The third-order valence-corrected chi connectivity index (χ3v) is 5.96. The second-order valence-corrected chi connectivity index (χ2v) is 9.07. The van der Waals surface area contributed by atoms with Gasteiger partial charge in [-0.1, -0.05) is 17.7 Å². The molecule has 1 fully saturated rings. The van der Waals surface area contributed by atoms with Gasteiger partial charge in [-0.2, -0.15) is 0 Å². The van der Waals surface area contributed by atoms with Gasteiger partial charge in [-0.05, 0) is 80.5 Å². The minimum Gasteiger partial charge on any atom is -0.497 e. The lowest BCUT2D eigenvalue weighted by Crippen LogP contribution is -2.09. The number of rotatable bonds is 10. The summed E-state index contributed by atoms with van der Waals surface area (Å²) in [6.07, 6.45) is 5.68. The first-order chi connectivity index (χ1) is 16.8. The molecule has 1 saturated carbocycles. The van der Waals surface area contributed by atoms with E-state index in [0.717, 1.165) is 24.0 Å². The van der Waals surface area contributed by atoms with Crippen LogP contribution in [0.25, 0.3) is 17.3 Å². The van der Waals surface area contributed by atoms with Gasteiger partial charge in [-0.25, -0.2) is 9.37 Å². The zero-order valence-electron chi connectivity index (χ0n) is 20.1. The first-order valence-electron chi connectivity index (χ1n) is 11.6. The Bertz CT molecular complexity index is 1250. The van der Waals surface area contributed by atoms with Crippen LogP contribution in [-0.2, 0) is 11.4 Å². The van der Waals surface area contributed by atoms with E-state index in [9.17, 15) is 14.3 Å². The summed E-state index contributed by atoms with van der Waals surface area (Å²) in [5.41, 5.74) is 3.86. The number of benzene rings is 2. The molecule has 0 bridgehead atoms. The molecular weight excluding hydrogens is 447 g/mol.